The van der Waals surface area contributed by atoms with Crippen LogP contribution in [0.2, 0.25) is 0 Å². The van der Waals surface area contributed by atoms with Gasteiger partial charge in [-0.1, -0.05) is 0 Å². The van der Waals surface area contributed by atoms with Gasteiger partial charge in [0.15, 0.2) is 0 Å². The Hall–Kier alpha value is -0.0800. The van der Waals surface area contributed by atoms with Gasteiger partial charge >= 0.3 is 0 Å². The molecule has 58 valence electrons. The molecular weight excluding hydrogens is 152 g/mol. The van der Waals surface area contributed by atoms with E-state index in [1.54, 1.807) is 0 Å². The molecule has 0 radical (unpaired) electrons. The molecule has 10 heavy (non-hydrogen) atoms. The maximum absolute atomic E-state index is 10.7. The van der Waals surface area contributed by atoms with Crippen molar-refractivity contribution in [2.45, 2.75) is 32.5 Å². The highest BCUT2D eigenvalue weighted by atomic mass is 35.5. The fourth-order valence-corrected chi connectivity index (χ4v) is 1.61. The normalized spacial score (nSPS) is 40.1. The van der Waals surface area contributed by atoms with Gasteiger partial charge in [0.05, 0.1) is 18.1 Å². The number of hydrogen-bond acceptors (Lipinski definition) is 2. The number of halogens is 1. The topological polar surface area (TPSA) is 26.3 Å². The average molecular weight is 163 g/mol. The van der Waals surface area contributed by atoms with E-state index in [4.69, 9.17) is 16.3 Å². The van der Waals surface area contributed by atoms with Crippen LogP contribution in [0.5, 0.6) is 0 Å². The van der Waals surface area contributed by atoms with Gasteiger partial charge < -0.3 is 4.74 Å². The highest BCUT2D eigenvalue weighted by Gasteiger charge is 2.33. The van der Waals surface area contributed by atoms with Crippen LogP contribution in [0.4, 0.5) is 0 Å². The molecule has 0 aromatic rings. The predicted molar refractivity (Wildman–Crippen MR) is 39.0 cm³/mol. The van der Waals surface area contributed by atoms with Crippen molar-refractivity contribution in [1.82, 2.24) is 0 Å². The molecule has 0 bridgehead atoms. The van der Waals surface area contributed by atoms with Gasteiger partial charge in [-0.15, -0.1) is 0 Å². The summed E-state index contributed by atoms with van der Waals surface area (Å²) >= 11 is 5.33. The van der Waals surface area contributed by atoms with E-state index in [-0.39, 0.29) is 23.4 Å². The molecule has 0 aromatic heterocycles. The summed E-state index contributed by atoms with van der Waals surface area (Å²) in [5.74, 6) is -0.0864. The van der Waals surface area contributed by atoms with Crippen molar-refractivity contribution in [3.8, 4) is 0 Å². The van der Waals surface area contributed by atoms with Gasteiger partial charge in [0.2, 0.25) is 5.24 Å². The Balaban J connectivity index is 2.54. The molecule has 0 spiro atoms. The third-order valence-electron chi connectivity index (χ3n) is 1.89. The van der Waals surface area contributed by atoms with Crippen LogP contribution in [0.1, 0.15) is 20.3 Å². The lowest BCUT2D eigenvalue weighted by Crippen LogP contribution is -2.16. The lowest BCUT2D eigenvalue weighted by atomic mass is 10.0. The molecule has 3 atom stereocenters. The van der Waals surface area contributed by atoms with Crippen molar-refractivity contribution in [3.63, 3.8) is 0 Å². The van der Waals surface area contributed by atoms with Crippen molar-refractivity contribution < 1.29 is 9.53 Å². The monoisotopic (exact) mass is 162 g/mol. The summed E-state index contributed by atoms with van der Waals surface area (Å²) in [6.45, 7) is 3.84. The number of carbonyl (C=O) groups is 1. The van der Waals surface area contributed by atoms with Crippen molar-refractivity contribution in [1.29, 1.82) is 0 Å². The summed E-state index contributed by atoms with van der Waals surface area (Å²) < 4.78 is 5.33. The van der Waals surface area contributed by atoms with Crippen molar-refractivity contribution in [2.75, 3.05) is 0 Å². The lowest BCUT2D eigenvalue weighted by molar-refractivity contribution is -0.116. The number of rotatable bonds is 1. The van der Waals surface area contributed by atoms with Crippen LogP contribution in [0, 0.1) is 5.92 Å². The zero-order valence-electron chi connectivity index (χ0n) is 6.13. The molecule has 0 aliphatic carbocycles. The van der Waals surface area contributed by atoms with E-state index in [9.17, 15) is 4.79 Å². The Morgan fingerprint density at radius 1 is 1.60 bits per heavy atom. The van der Waals surface area contributed by atoms with Gasteiger partial charge in [0.25, 0.3) is 0 Å². The van der Waals surface area contributed by atoms with Gasteiger partial charge in [-0.05, 0) is 31.9 Å². The van der Waals surface area contributed by atoms with Crippen LogP contribution in [0.3, 0.4) is 0 Å². The molecule has 1 fully saturated rings. The molecule has 0 aromatic carbocycles. The summed E-state index contributed by atoms with van der Waals surface area (Å²) in [5.41, 5.74) is 0. The molecule has 2 nitrogen and oxygen atoms in total. The quantitative estimate of drug-likeness (QED) is 0.547. The van der Waals surface area contributed by atoms with Crippen LogP contribution in [-0.4, -0.2) is 17.5 Å². The molecule has 1 heterocycles. The van der Waals surface area contributed by atoms with E-state index < -0.39 is 0 Å². The molecule has 3 heteroatoms. The largest absolute Gasteiger partial charge is 0.375 e. The zero-order valence-corrected chi connectivity index (χ0v) is 6.89. The fourth-order valence-electron chi connectivity index (χ4n) is 1.34. The van der Waals surface area contributed by atoms with Gasteiger partial charge in [-0.2, -0.15) is 0 Å². The summed E-state index contributed by atoms with van der Waals surface area (Å²) in [4.78, 5) is 10.7. The summed E-state index contributed by atoms with van der Waals surface area (Å²) in [7, 11) is 0. The Labute approximate surface area is 65.5 Å². The molecule has 3 unspecified atom stereocenters. The maximum Gasteiger partial charge on any atom is 0.227 e. The minimum Gasteiger partial charge on any atom is -0.375 e. The molecule has 1 saturated heterocycles. The second kappa shape index (κ2) is 2.89. The second-order valence-electron chi connectivity index (χ2n) is 2.80. The number of ether oxygens (including phenoxy) is 1. The molecule has 1 aliphatic heterocycles. The van der Waals surface area contributed by atoms with Crippen LogP contribution in [0.25, 0.3) is 0 Å². The van der Waals surface area contributed by atoms with E-state index in [0.29, 0.717) is 0 Å². The van der Waals surface area contributed by atoms with E-state index >= 15 is 0 Å². The molecule has 0 amide bonds. The van der Waals surface area contributed by atoms with E-state index in [2.05, 4.69) is 0 Å². The number of hydrogen-bond donors (Lipinski definition) is 0. The Kier molecular flexibility index (Phi) is 2.32. The first-order valence-corrected chi connectivity index (χ1v) is 3.84. The maximum atomic E-state index is 10.7. The smallest absolute Gasteiger partial charge is 0.227 e. The molecular formula is C7H11ClO2. The van der Waals surface area contributed by atoms with Crippen LogP contribution < -0.4 is 0 Å². The van der Waals surface area contributed by atoms with Gasteiger partial charge in [0.1, 0.15) is 0 Å². The van der Waals surface area contributed by atoms with Crippen LogP contribution in [0.15, 0.2) is 0 Å². The Bertz CT molecular complexity index is 147. The van der Waals surface area contributed by atoms with E-state index in [0.717, 1.165) is 6.42 Å². The summed E-state index contributed by atoms with van der Waals surface area (Å²) in [6.07, 6.45) is 0.950. The molecule has 0 saturated carbocycles. The average Bonchev–Trinajstić information content (AvgIpc) is 2.10. The SMILES string of the molecule is CC1CC(C(=O)Cl)C(C)O1. The summed E-state index contributed by atoms with van der Waals surface area (Å²) in [5, 5.41) is -0.267. The van der Waals surface area contributed by atoms with Gasteiger partial charge in [0, 0.05) is 0 Å². The van der Waals surface area contributed by atoms with Crippen molar-refractivity contribution >= 4 is 16.8 Å². The third-order valence-corrected chi connectivity index (χ3v) is 2.17. The first kappa shape index (κ1) is 8.02. The van der Waals surface area contributed by atoms with Gasteiger partial charge in [-0.3, -0.25) is 4.79 Å². The Morgan fingerprint density at radius 3 is 2.40 bits per heavy atom. The van der Waals surface area contributed by atoms with E-state index in [1.807, 2.05) is 13.8 Å². The summed E-state index contributed by atoms with van der Waals surface area (Å²) in [6, 6.07) is 0. The minimum absolute atomic E-state index is 0.000000000000000222. The third kappa shape index (κ3) is 1.50. The second-order valence-corrected chi connectivity index (χ2v) is 3.17. The van der Waals surface area contributed by atoms with Crippen LogP contribution >= 0.6 is 11.6 Å². The highest BCUT2D eigenvalue weighted by molar-refractivity contribution is 6.64. The molecule has 1 rings (SSSR count). The van der Waals surface area contributed by atoms with E-state index in [1.165, 1.54) is 0 Å². The minimum atomic E-state index is -0.267. The van der Waals surface area contributed by atoms with Crippen LogP contribution in [-0.2, 0) is 9.53 Å². The van der Waals surface area contributed by atoms with Gasteiger partial charge in [-0.25, -0.2) is 0 Å². The standard InChI is InChI=1S/C7H11ClO2/c1-4-3-6(7(8)9)5(2)10-4/h4-6H,3H2,1-2H3. The predicted octanol–water partition coefficient (Wildman–Crippen LogP) is 1.57. The highest BCUT2D eigenvalue weighted by Crippen LogP contribution is 2.27. The number of carbonyl (C=O) groups excluding carboxylic acids is 1. The lowest BCUT2D eigenvalue weighted by Gasteiger charge is -2.06. The zero-order chi connectivity index (χ0) is 7.72. The van der Waals surface area contributed by atoms with Crippen molar-refractivity contribution in [3.05, 3.63) is 0 Å². The Morgan fingerprint density at radius 2 is 2.20 bits per heavy atom. The first-order valence-electron chi connectivity index (χ1n) is 3.46. The molecule has 0 N–H and O–H groups in total. The van der Waals surface area contributed by atoms with Crippen molar-refractivity contribution in [2.24, 2.45) is 5.92 Å². The first-order chi connectivity index (χ1) is 4.61. The fraction of sp³-hybridized carbons (Fsp3) is 0.857. The molecule has 1 aliphatic rings.